The number of rotatable bonds is 8. The predicted molar refractivity (Wildman–Crippen MR) is 112 cm³/mol. The van der Waals surface area contributed by atoms with Gasteiger partial charge in [-0.1, -0.05) is 0 Å². The molecule has 2 N–H and O–H groups in total. The van der Waals surface area contributed by atoms with Gasteiger partial charge in [-0.3, -0.25) is 0 Å². The molecule has 1 unspecified atom stereocenters. The Kier molecular flexibility index (Phi) is 7.86. The maximum absolute atomic E-state index is 11.7. The molecule has 0 aliphatic rings. The molecular formula is C19H21ClINO4. The number of carbonyl (C=O) groups excluding carboxylic acids is 1. The Bertz CT molecular complexity index is 766. The van der Waals surface area contributed by atoms with Crippen LogP contribution in [0.4, 0.5) is 4.79 Å². The molecule has 0 bridgehead atoms. The van der Waals surface area contributed by atoms with E-state index in [9.17, 15) is 14.7 Å². The third kappa shape index (κ3) is 5.96. The van der Waals surface area contributed by atoms with Gasteiger partial charge in [0.05, 0.1) is 0 Å². The zero-order valence-electron chi connectivity index (χ0n) is 14.5. The fourth-order valence-corrected chi connectivity index (χ4v) is 6.03. The van der Waals surface area contributed by atoms with E-state index in [0.29, 0.717) is 9.45 Å². The summed E-state index contributed by atoms with van der Waals surface area (Å²) >= 11 is 3.40. The summed E-state index contributed by atoms with van der Waals surface area (Å²) in [6, 6.07) is 14.7. The molecule has 2 rings (SSSR count). The maximum atomic E-state index is 11.7. The fourth-order valence-electron chi connectivity index (χ4n) is 2.26. The molecule has 0 amide bonds. The average Bonchev–Trinajstić information content (AvgIpc) is 2.61. The molecule has 1 atom stereocenters. The Balaban J connectivity index is 2.07. The van der Waals surface area contributed by atoms with E-state index in [1.54, 1.807) is 13.8 Å². The zero-order chi connectivity index (χ0) is 19.1. The molecule has 5 nitrogen and oxygen atoms in total. The summed E-state index contributed by atoms with van der Waals surface area (Å²) < 4.78 is 7.46. The molecule has 0 heterocycles. The van der Waals surface area contributed by atoms with Gasteiger partial charge in [-0.05, 0) is 0 Å². The number of hydrogen-bond acceptors (Lipinski definition) is 4. The van der Waals surface area contributed by atoms with Gasteiger partial charge in [0.2, 0.25) is 0 Å². The summed E-state index contributed by atoms with van der Waals surface area (Å²) in [5.41, 5.74) is 2.94. The van der Waals surface area contributed by atoms with Crippen LogP contribution in [0.5, 0.6) is 0 Å². The molecule has 0 fully saturated rings. The van der Waals surface area contributed by atoms with E-state index in [-0.39, 0.29) is 6.61 Å². The number of carboxylic acid groups (broad SMARTS) is 1. The predicted octanol–water partition coefficient (Wildman–Crippen LogP) is 5.15. The van der Waals surface area contributed by atoms with Gasteiger partial charge < -0.3 is 0 Å². The number of alkyl halides is 1. The molecule has 0 saturated heterocycles. The van der Waals surface area contributed by atoms with Crippen molar-refractivity contribution in [3.63, 3.8) is 0 Å². The van der Waals surface area contributed by atoms with Crippen LogP contribution in [0.1, 0.15) is 19.4 Å². The van der Waals surface area contributed by atoms with Gasteiger partial charge in [-0.2, -0.15) is 0 Å². The third-order valence-corrected chi connectivity index (χ3v) is 8.21. The molecule has 0 saturated carbocycles. The Morgan fingerprint density at radius 3 is 2.46 bits per heavy atom. The minimum atomic E-state index is -2.62. The summed E-state index contributed by atoms with van der Waals surface area (Å²) in [6.45, 7) is 3.63. The first-order valence-electron chi connectivity index (χ1n) is 8.07. The van der Waals surface area contributed by atoms with Gasteiger partial charge in [0.1, 0.15) is 0 Å². The summed E-state index contributed by atoms with van der Waals surface area (Å²) in [5.74, 6) is -0.424. The quantitative estimate of drug-likeness (QED) is 0.176. The summed E-state index contributed by atoms with van der Waals surface area (Å²) in [7, 11) is 0. The van der Waals surface area contributed by atoms with E-state index in [0.717, 1.165) is 16.7 Å². The molecule has 0 spiro atoms. The van der Waals surface area contributed by atoms with Crippen LogP contribution in [0.3, 0.4) is 0 Å². The van der Waals surface area contributed by atoms with E-state index in [4.69, 9.17) is 16.3 Å². The molecule has 26 heavy (non-hydrogen) atoms. The van der Waals surface area contributed by atoms with Crippen molar-refractivity contribution in [3.05, 3.63) is 59.1 Å². The van der Waals surface area contributed by atoms with Gasteiger partial charge in [0.15, 0.2) is 0 Å². The van der Waals surface area contributed by atoms with Crippen molar-refractivity contribution in [2.75, 3.05) is 6.61 Å². The topological polar surface area (TPSA) is 75.6 Å². The second-order valence-corrected chi connectivity index (χ2v) is 10.3. The Morgan fingerprint density at radius 2 is 1.88 bits per heavy atom. The third-order valence-electron chi connectivity index (χ3n) is 3.53. The van der Waals surface area contributed by atoms with Crippen molar-refractivity contribution in [3.8, 4) is 11.1 Å². The number of esters is 1. The van der Waals surface area contributed by atoms with Crippen LogP contribution in [0.25, 0.3) is 11.1 Å². The molecule has 2 aromatic carbocycles. The Hall–Kier alpha value is -1.64. The van der Waals surface area contributed by atoms with Crippen molar-refractivity contribution in [2.45, 2.75) is 24.3 Å². The van der Waals surface area contributed by atoms with Crippen LogP contribution >= 0.6 is 31.7 Å². The Morgan fingerprint density at radius 1 is 1.19 bits per heavy atom. The number of hydrogen-bond donors (Lipinski definition) is 2. The van der Waals surface area contributed by atoms with E-state index in [1.165, 1.54) is 0 Å². The van der Waals surface area contributed by atoms with Gasteiger partial charge in [-0.15, -0.1) is 0 Å². The standard InChI is InChI=1S/C19H21ClINO4/c1-3-26-18(23)13(2)22-21(19(24)25)12-14-7-9-15(10-8-14)16-5-4-6-17(20)11-16/h4-11,13,22H,3,12H2,1-2H3,(H,24,25). The number of benzene rings is 2. The van der Waals surface area contributed by atoms with E-state index in [1.807, 2.05) is 48.5 Å². The van der Waals surface area contributed by atoms with Crippen molar-refractivity contribution in [2.24, 2.45) is 0 Å². The molecule has 0 aliphatic heterocycles. The second kappa shape index (κ2) is 9.89. The summed E-state index contributed by atoms with van der Waals surface area (Å²) in [5, 5.41) is 10.2. The van der Waals surface area contributed by atoms with Crippen LogP contribution in [0.2, 0.25) is 5.02 Å². The molecule has 0 radical (unpaired) electrons. The van der Waals surface area contributed by atoms with E-state index >= 15 is 0 Å². The number of carbonyl (C=O) groups is 2. The van der Waals surface area contributed by atoms with E-state index in [2.05, 4.69) is 3.53 Å². The zero-order valence-corrected chi connectivity index (χ0v) is 17.5. The molecule has 0 aliphatic carbocycles. The van der Waals surface area contributed by atoms with E-state index < -0.39 is 36.1 Å². The van der Waals surface area contributed by atoms with Crippen molar-refractivity contribution in [1.29, 1.82) is 0 Å². The molecule has 7 heteroatoms. The molecule has 0 aromatic heterocycles. The molecular weight excluding hydrogens is 469 g/mol. The van der Waals surface area contributed by atoms with Crippen molar-refractivity contribution in [1.82, 2.24) is 3.53 Å². The van der Waals surface area contributed by atoms with Gasteiger partial charge in [-0.25, -0.2) is 0 Å². The number of ether oxygens (including phenoxy) is 1. The fraction of sp³-hybridized carbons (Fsp3) is 0.263. The van der Waals surface area contributed by atoms with Crippen molar-refractivity contribution < 1.29 is 19.4 Å². The first-order valence-corrected chi connectivity index (χ1v) is 12.1. The molecule has 140 valence electrons. The van der Waals surface area contributed by atoms with Crippen LogP contribution < -0.4 is 3.53 Å². The van der Waals surface area contributed by atoms with Gasteiger partial charge in [0.25, 0.3) is 0 Å². The number of halogens is 2. The number of nitrogens with one attached hydrogen (secondary N) is 1. The summed E-state index contributed by atoms with van der Waals surface area (Å²) in [6.07, 6.45) is 0. The first kappa shape index (κ1) is 20.7. The monoisotopic (exact) mass is 489 g/mol. The minimum absolute atomic E-state index is 0.275. The normalized spacial score (nSPS) is 12.3. The van der Waals surface area contributed by atoms with Crippen LogP contribution in [-0.2, 0) is 14.0 Å². The van der Waals surface area contributed by atoms with Crippen LogP contribution in [0.15, 0.2) is 48.5 Å². The Labute approximate surface area is 165 Å². The van der Waals surface area contributed by atoms with Crippen LogP contribution in [-0.4, -0.2) is 27.7 Å². The summed E-state index contributed by atoms with van der Waals surface area (Å²) in [4.78, 5) is 23.3. The second-order valence-electron chi connectivity index (χ2n) is 5.54. The van der Waals surface area contributed by atoms with Gasteiger partial charge >= 0.3 is 166 Å². The van der Waals surface area contributed by atoms with Crippen molar-refractivity contribution >= 4 is 41.6 Å². The SMILES string of the molecule is CCOC(=O)C(C)NI(Cc1ccc(-c2cccc(Cl)c2)cc1)C(=O)O. The first-order chi connectivity index (χ1) is 12.4. The van der Waals surface area contributed by atoms with Crippen LogP contribution in [0, 0.1) is 0 Å². The average molecular weight is 490 g/mol. The molecule has 2 aromatic rings. The van der Waals surface area contributed by atoms with Gasteiger partial charge in [0, 0.05) is 0 Å².